The van der Waals surface area contributed by atoms with Crippen LogP contribution in [0, 0.1) is 16.0 Å². The molecule has 2 unspecified atom stereocenters. The summed E-state index contributed by atoms with van der Waals surface area (Å²) in [5.41, 5.74) is 2.34. The van der Waals surface area contributed by atoms with Gasteiger partial charge in [0.15, 0.2) is 0 Å². The normalized spacial score (nSPS) is 19.3. The number of hydrogen-bond acceptors (Lipinski definition) is 7. The highest BCUT2D eigenvalue weighted by atomic mass is 16.6. The molecule has 0 fully saturated rings. The Morgan fingerprint density at radius 3 is 2.82 bits per heavy atom. The number of nitro benzene ring substituents is 1. The quantitative estimate of drug-likeness (QED) is 0.169. The second-order valence-electron chi connectivity index (χ2n) is 6.29. The SMILES string of the molecule is C=CCO/N=C/CC1C(C)=NC(C)=C(C(=O)OC)C1c1cccc([N+](=O)[O-])c1. The molecule has 0 aromatic heterocycles. The van der Waals surface area contributed by atoms with Crippen molar-refractivity contribution in [3.05, 3.63) is 63.9 Å². The lowest BCUT2D eigenvalue weighted by molar-refractivity contribution is -0.384. The molecule has 1 aliphatic rings. The maximum Gasteiger partial charge on any atom is 0.336 e. The van der Waals surface area contributed by atoms with E-state index >= 15 is 0 Å². The highest BCUT2D eigenvalue weighted by Crippen LogP contribution is 2.41. The minimum atomic E-state index is -0.505. The Morgan fingerprint density at radius 2 is 2.18 bits per heavy atom. The number of methoxy groups -OCH3 is 1. The summed E-state index contributed by atoms with van der Waals surface area (Å²) in [7, 11) is 1.30. The fourth-order valence-electron chi connectivity index (χ4n) is 3.30. The summed E-state index contributed by atoms with van der Waals surface area (Å²) >= 11 is 0. The van der Waals surface area contributed by atoms with Gasteiger partial charge in [-0.15, -0.1) is 0 Å². The fraction of sp³-hybridized carbons (Fsp3) is 0.350. The lowest BCUT2D eigenvalue weighted by Crippen LogP contribution is -2.30. The minimum absolute atomic E-state index is 0.0405. The van der Waals surface area contributed by atoms with Gasteiger partial charge in [0.2, 0.25) is 0 Å². The van der Waals surface area contributed by atoms with Crippen LogP contribution in [0.3, 0.4) is 0 Å². The number of rotatable bonds is 8. The van der Waals surface area contributed by atoms with Crippen LogP contribution in [0.25, 0.3) is 0 Å². The van der Waals surface area contributed by atoms with Gasteiger partial charge in [0, 0.05) is 41.6 Å². The summed E-state index contributed by atoms with van der Waals surface area (Å²) in [5, 5.41) is 15.1. The molecule has 1 aromatic rings. The van der Waals surface area contributed by atoms with Gasteiger partial charge < -0.3 is 9.57 Å². The number of carbonyl (C=O) groups is 1. The van der Waals surface area contributed by atoms with Crippen molar-refractivity contribution in [2.75, 3.05) is 13.7 Å². The standard InChI is InChI=1S/C20H23N3O5/c1-5-11-28-21-10-9-17-13(2)22-14(3)18(20(24)27-4)19(17)15-7-6-8-16(12-15)23(25)26/h5-8,10,12,17,19H,1,9,11H2,2-4H3/b21-10+. The van der Waals surface area contributed by atoms with E-state index in [1.807, 2.05) is 6.92 Å². The third kappa shape index (κ3) is 4.70. The van der Waals surface area contributed by atoms with Gasteiger partial charge in [0.05, 0.1) is 17.6 Å². The molecule has 0 amide bonds. The van der Waals surface area contributed by atoms with Crippen molar-refractivity contribution in [2.24, 2.45) is 16.1 Å². The second kappa shape index (κ2) is 9.59. The van der Waals surface area contributed by atoms with E-state index in [0.29, 0.717) is 23.3 Å². The van der Waals surface area contributed by atoms with E-state index in [2.05, 4.69) is 16.7 Å². The number of non-ortho nitro benzene ring substituents is 1. The molecule has 0 bridgehead atoms. The predicted molar refractivity (Wildman–Crippen MR) is 106 cm³/mol. The van der Waals surface area contributed by atoms with Crippen molar-refractivity contribution in [2.45, 2.75) is 26.2 Å². The van der Waals surface area contributed by atoms with Crippen LogP contribution in [0.15, 0.2) is 58.3 Å². The molecule has 0 saturated carbocycles. The molecule has 0 N–H and O–H groups in total. The van der Waals surface area contributed by atoms with Crippen LogP contribution < -0.4 is 0 Å². The van der Waals surface area contributed by atoms with Crippen molar-refractivity contribution in [1.82, 2.24) is 0 Å². The van der Waals surface area contributed by atoms with Gasteiger partial charge in [-0.3, -0.25) is 15.1 Å². The molecule has 28 heavy (non-hydrogen) atoms. The molecule has 1 aliphatic heterocycles. The van der Waals surface area contributed by atoms with Crippen LogP contribution in [0.4, 0.5) is 5.69 Å². The van der Waals surface area contributed by atoms with Crippen LogP contribution in [-0.4, -0.2) is 36.5 Å². The zero-order chi connectivity index (χ0) is 20.7. The van der Waals surface area contributed by atoms with Gasteiger partial charge in [-0.05, 0) is 25.8 Å². The number of nitrogens with zero attached hydrogens (tertiary/aromatic N) is 3. The molecule has 0 saturated heterocycles. The van der Waals surface area contributed by atoms with E-state index in [4.69, 9.17) is 9.57 Å². The Morgan fingerprint density at radius 1 is 1.43 bits per heavy atom. The number of benzene rings is 1. The summed E-state index contributed by atoms with van der Waals surface area (Å²) in [6, 6.07) is 6.28. The molecular weight excluding hydrogens is 362 g/mol. The van der Waals surface area contributed by atoms with E-state index in [1.54, 1.807) is 31.3 Å². The van der Waals surface area contributed by atoms with Gasteiger partial charge in [-0.2, -0.15) is 0 Å². The van der Waals surface area contributed by atoms with E-state index < -0.39 is 16.8 Å². The Hall–Kier alpha value is -3.29. The lowest BCUT2D eigenvalue weighted by Gasteiger charge is -2.32. The first-order chi connectivity index (χ1) is 13.4. The Labute approximate surface area is 163 Å². The molecule has 8 heteroatoms. The van der Waals surface area contributed by atoms with Crippen molar-refractivity contribution in [1.29, 1.82) is 0 Å². The first kappa shape index (κ1) is 21.0. The Bertz CT molecular complexity index is 857. The molecule has 0 radical (unpaired) electrons. The molecule has 2 rings (SSSR count). The number of nitro groups is 1. The van der Waals surface area contributed by atoms with E-state index in [1.165, 1.54) is 19.2 Å². The highest BCUT2D eigenvalue weighted by molar-refractivity contribution is 5.98. The molecule has 1 heterocycles. The lowest BCUT2D eigenvalue weighted by atomic mass is 9.74. The van der Waals surface area contributed by atoms with Gasteiger partial charge in [0.25, 0.3) is 5.69 Å². The maximum atomic E-state index is 12.5. The topological polar surface area (TPSA) is 103 Å². The predicted octanol–water partition coefficient (Wildman–Crippen LogP) is 3.79. The van der Waals surface area contributed by atoms with E-state index in [0.717, 1.165) is 5.71 Å². The highest BCUT2D eigenvalue weighted by Gasteiger charge is 2.37. The molecular formula is C20H23N3O5. The maximum absolute atomic E-state index is 12.5. The van der Waals surface area contributed by atoms with Crippen LogP contribution in [0.5, 0.6) is 0 Å². The van der Waals surface area contributed by atoms with Gasteiger partial charge in [0.1, 0.15) is 6.61 Å². The summed E-state index contributed by atoms with van der Waals surface area (Å²) in [5.74, 6) is -1.18. The van der Waals surface area contributed by atoms with Crippen LogP contribution in [0.2, 0.25) is 0 Å². The van der Waals surface area contributed by atoms with Gasteiger partial charge >= 0.3 is 5.97 Å². The third-order valence-corrected chi connectivity index (χ3v) is 4.53. The minimum Gasteiger partial charge on any atom is -0.466 e. The first-order valence-electron chi connectivity index (χ1n) is 8.74. The number of ether oxygens (including phenoxy) is 1. The number of carbonyl (C=O) groups excluding carboxylic acids is 1. The van der Waals surface area contributed by atoms with E-state index in [9.17, 15) is 14.9 Å². The van der Waals surface area contributed by atoms with Crippen molar-refractivity contribution in [3.8, 4) is 0 Å². The number of oxime groups is 1. The average molecular weight is 385 g/mol. The molecule has 0 aliphatic carbocycles. The molecule has 1 aromatic carbocycles. The second-order valence-corrected chi connectivity index (χ2v) is 6.29. The molecule has 148 valence electrons. The van der Waals surface area contributed by atoms with Crippen LogP contribution in [-0.2, 0) is 14.4 Å². The molecule has 8 nitrogen and oxygen atoms in total. The largest absolute Gasteiger partial charge is 0.466 e. The molecule has 2 atom stereocenters. The monoisotopic (exact) mass is 385 g/mol. The summed E-state index contributed by atoms with van der Waals surface area (Å²) in [6.45, 7) is 7.44. The molecule has 0 spiro atoms. The first-order valence-corrected chi connectivity index (χ1v) is 8.74. The van der Waals surface area contributed by atoms with Gasteiger partial charge in [-0.25, -0.2) is 4.79 Å². The zero-order valence-corrected chi connectivity index (χ0v) is 16.1. The van der Waals surface area contributed by atoms with E-state index in [-0.39, 0.29) is 18.2 Å². The van der Waals surface area contributed by atoms with Crippen molar-refractivity contribution >= 4 is 23.6 Å². The summed E-state index contributed by atoms with van der Waals surface area (Å²) in [4.78, 5) is 32.8. The number of allylic oxidation sites excluding steroid dienone is 1. The Kier molecular flexibility index (Phi) is 7.20. The summed E-state index contributed by atoms with van der Waals surface area (Å²) in [6.07, 6.45) is 3.62. The van der Waals surface area contributed by atoms with Crippen molar-refractivity contribution < 1.29 is 19.3 Å². The van der Waals surface area contributed by atoms with Gasteiger partial charge in [-0.1, -0.05) is 29.9 Å². The number of aliphatic imine (C=N–C) groups is 1. The van der Waals surface area contributed by atoms with Crippen molar-refractivity contribution in [3.63, 3.8) is 0 Å². The number of hydrogen-bond donors (Lipinski definition) is 0. The third-order valence-electron chi connectivity index (χ3n) is 4.53. The number of esters is 1. The van der Waals surface area contributed by atoms with Crippen LogP contribution in [0.1, 0.15) is 31.7 Å². The summed E-state index contributed by atoms with van der Waals surface area (Å²) < 4.78 is 4.96. The zero-order valence-electron chi connectivity index (χ0n) is 16.1. The average Bonchev–Trinajstić information content (AvgIpc) is 2.68. The van der Waals surface area contributed by atoms with Crippen LogP contribution >= 0.6 is 0 Å². The smallest absolute Gasteiger partial charge is 0.336 e. The fourth-order valence-corrected chi connectivity index (χ4v) is 3.30. The Balaban J connectivity index is 2.50.